The molecule has 4 rings (SSSR count). The second-order valence-corrected chi connectivity index (χ2v) is 9.86. The molecule has 1 aliphatic rings. The molecule has 6 nitrogen and oxygen atoms in total. The lowest BCUT2D eigenvalue weighted by molar-refractivity contribution is -0.120. The normalized spacial score (nSPS) is 15.9. The first-order valence-electron chi connectivity index (χ1n) is 13.2. The molecule has 0 bridgehead atoms. The maximum Gasteiger partial charge on any atom is 0.241 e. The molecule has 1 saturated heterocycles. The van der Waals surface area contributed by atoms with Crippen LogP contribution in [0.25, 0.3) is 10.9 Å². The SMILES string of the molecule is CCCCC(C)N(C(=O)CN1CCN(CCCc2c[nH]c3ccc(O)cc23)CC1)c1ccccc1. The first-order valence-corrected chi connectivity index (χ1v) is 13.2. The van der Waals surface area contributed by atoms with Gasteiger partial charge in [0.15, 0.2) is 0 Å². The number of hydrogen-bond donors (Lipinski definition) is 2. The minimum Gasteiger partial charge on any atom is -0.508 e. The Bertz CT molecular complexity index is 1070. The van der Waals surface area contributed by atoms with Gasteiger partial charge in [0, 0.05) is 55.0 Å². The van der Waals surface area contributed by atoms with Crippen LogP contribution in [0.5, 0.6) is 5.75 Å². The third-order valence-corrected chi connectivity index (χ3v) is 7.21. The minimum absolute atomic E-state index is 0.204. The van der Waals surface area contributed by atoms with Gasteiger partial charge in [0.05, 0.1) is 6.54 Å². The van der Waals surface area contributed by atoms with Crippen molar-refractivity contribution in [2.24, 2.45) is 0 Å². The fourth-order valence-electron chi connectivity index (χ4n) is 5.17. The van der Waals surface area contributed by atoms with Gasteiger partial charge in [-0.15, -0.1) is 0 Å². The Morgan fingerprint density at radius 1 is 1.06 bits per heavy atom. The maximum atomic E-state index is 13.4. The van der Waals surface area contributed by atoms with Crippen LogP contribution in [0.1, 0.15) is 45.1 Å². The third kappa shape index (κ3) is 6.65. The fraction of sp³-hybridized carbons (Fsp3) is 0.483. The van der Waals surface area contributed by atoms with E-state index in [0.717, 1.165) is 81.4 Å². The molecule has 188 valence electrons. The topological polar surface area (TPSA) is 62.8 Å². The van der Waals surface area contributed by atoms with Crippen molar-refractivity contribution < 1.29 is 9.90 Å². The van der Waals surface area contributed by atoms with Gasteiger partial charge in [0.2, 0.25) is 5.91 Å². The van der Waals surface area contributed by atoms with Crippen molar-refractivity contribution >= 4 is 22.5 Å². The Kier molecular flexibility index (Phi) is 8.83. The molecule has 1 unspecified atom stereocenters. The number of amides is 1. The molecule has 1 atom stereocenters. The number of benzene rings is 2. The molecular formula is C29H40N4O2. The van der Waals surface area contributed by atoms with Crippen LogP contribution in [0.4, 0.5) is 5.69 Å². The summed E-state index contributed by atoms with van der Waals surface area (Å²) in [5.41, 5.74) is 3.34. The summed E-state index contributed by atoms with van der Waals surface area (Å²) in [6.07, 6.45) is 7.44. The van der Waals surface area contributed by atoms with Gasteiger partial charge in [0.25, 0.3) is 0 Å². The smallest absolute Gasteiger partial charge is 0.241 e. The van der Waals surface area contributed by atoms with Crippen molar-refractivity contribution in [3.63, 3.8) is 0 Å². The van der Waals surface area contributed by atoms with E-state index in [9.17, 15) is 9.90 Å². The van der Waals surface area contributed by atoms with Gasteiger partial charge in [-0.3, -0.25) is 9.69 Å². The number of phenols is 1. The number of aryl methyl sites for hydroxylation is 1. The molecule has 1 fully saturated rings. The van der Waals surface area contributed by atoms with E-state index in [1.807, 2.05) is 47.4 Å². The summed E-state index contributed by atoms with van der Waals surface area (Å²) in [7, 11) is 0. The predicted octanol–water partition coefficient (Wildman–Crippen LogP) is 5.04. The van der Waals surface area contributed by atoms with Crippen LogP contribution < -0.4 is 4.90 Å². The van der Waals surface area contributed by atoms with Crippen molar-refractivity contribution in [3.8, 4) is 5.75 Å². The van der Waals surface area contributed by atoms with Crippen molar-refractivity contribution in [2.45, 2.75) is 52.0 Å². The number of carbonyl (C=O) groups is 1. The zero-order valence-electron chi connectivity index (χ0n) is 21.2. The second-order valence-electron chi connectivity index (χ2n) is 9.86. The highest BCUT2D eigenvalue weighted by Crippen LogP contribution is 2.24. The number of piperazine rings is 1. The van der Waals surface area contributed by atoms with Crippen LogP contribution >= 0.6 is 0 Å². The zero-order valence-corrected chi connectivity index (χ0v) is 21.2. The van der Waals surface area contributed by atoms with Gasteiger partial charge in [-0.25, -0.2) is 0 Å². The predicted molar refractivity (Wildman–Crippen MR) is 144 cm³/mol. The van der Waals surface area contributed by atoms with Crippen LogP contribution in [0.3, 0.4) is 0 Å². The Morgan fingerprint density at radius 2 is 1.80 bits per heavy atom. The number of para-hydroxylation sites is 1. The van der Waals surface area contributed by atoms with Crippen LogP contribution in [0, 0.1) is 0 Å². The number of aromatic nitrogens is 1. The van der Waals surface area contributed by atoms with Crippen molar-refractivity contribution in [1.82, 2.24) is 14.8 Å². The summed E-state index contributed by atoms with van der Waals surface area (Å²) in [5, 5.41) is 10.9. The van der Waals surface area contributed by atoms with E-state index in [1.165, 1.54) is 5.56 Å². The average molecular weight is 477 g/mol. The number of anilines is 1. The zero-order chi connectivity index (χ0) is 24.6. The average Bonchev–Trinajstić information content (AvgIpc) is 3.26. The van der Waals surface area contributed by atoms with E-state index >= 15 is 0 Å². The molecule has 1 amide bonds. The summed E-state index contributed by atoms with van der Waals surface area (Å²) >= 11 is 0. The summed E-state index contributed by atoms with van der Waals surface area (Å²) < 4.78 is 0. The first kappa shape index (κ1) is 25.3. The largest absolute Gasteiger partial charge is 0.508 e. The van der Waals surface area contributed by atoms with Gasteiger partial charge in [-0.05, 0) is 68.6 Å². The Hall–Kier alpha value is -2.83. The number of fused-ring (bicyclic) bond motifs is 1. The van der Waals surface area contributed by atoms with E-state index in [1.54, 1.807) is 6.07 Å². The number of aromatic amines is 1. The Morgan fingerprint density at radius 3 is 2.54 bits per heavy atom. The molecule has 0 radical (unpaired) electrons. The van der Waals surface area contributed by atoms with Crippen LogP contribution in [0.2, 0.25) is 0 Å². The molecule has 0 spiro atoms. The fourth-order valence-corrected chi connectivity index (χ4v) is 5.17. The van der Waals surface area contributed by atoms with E-state index < -0.39 is 0 Å². The molecule has 35 heavy (non-hydrogen) atoms. The van der Waals surface area contributed by atoms with Crippen LogP contribution in [-0.4, -0.2) is 71.1 Å². The van der Waals surface area contributed by atoms with E-state index in [4.69, 9.17) is 0 Å². The molecule has 2 aromatic carbocycles. The third-order valence-electron chi connectivity index (χ3n) is 7.21. The molecule has 1 aromatic heterocycles. The lowest BCUT2D eigenvalue weighted by atomic mass is 10.1. The number of unbranched alkanes of at least 4 members (excludes halogenated alkanes) is 1. The number of aromatic hydroxyl groups is 1. The van der Waals surface area contributed by atoms with Gasteiger partial charge in [0.1, 0.15) is 5.75 Å². The Labute approximate surface area is 209 Å². The number of nitrogens with one attached hydrogen (secondary N) is 1. The van der Waals surface area contributed by atoms with Crippen molar-refractivity contribution in [1.29, 1.82) is 0 Å². The molecule has 3 aromatic rings. The van der Waals surface area contributed by atoms with Gasteiger partial charge < -0.3 is 19.9 Å². The lowest BCUT2D eigenvalue weighted by Gasteiger charge is -2.36. The molecule has 0 saturated carbocycles. The Balaban J connectivity index is 1.25. The summed E-state index contributed by atoms with van der Waals surface area (Å²) in [6, 6.07) is 15.8. The highest BCUT2D eigenvalue weighted by atomic mass is 16.3. The molecular weight excluding hydrogens is 436 g/mol. The molecule has 6 heteroatoms. The number of nitrogens with zero attached hydrogens (tertiary/aromatic N) is 3. The molecule has 1 aliphatic heterocycles. The monoisotopic (exact) mass is 476 g/mol. The number of H-pyrrole nitrogens is 1. The van der Waals surface area contributed by atoms with Gasteiger partial charge in [-0.1, -0.05) is 38.0 Å². The molecule has 2 heterocycles. The molecule has 0 aliphatic carbocycles. The highest BCUT2D eigenvalue weighted by Gasteiger charge is 2.25. The summed E-state index contributed by atoms with van der Waals surface area (Å²) in [5.74, 6) is 0.519. The summed E-state index contributed by atoms with van der Waals surface area (Å²) in [4.78, 5) is 23.5. The van der Waals surface area contributed by atoms with Crippen LogP contribution in [-0.2, 0) is 11.2 Å². The number of hydrogen-bond acceptors (Lipinski definition) is 4. The lowest BCUT2D eigenvalue weighted by Crippen LogP contribution is -2.51. The van der Waals surface area contributed by atoms with E-state index in [0.29, 0.717) is 12.3 Å². The van der Waals surface area contributed by atoms with E-state index in [2.05, 4.69) is 34.8 Å². The summed E-state index contributed by atoms with van der Waals surface area (Å²) in [6.45, 7) is 9.77. The second kappa shape index (κ2) is 12.2. The quantitative estimate of drug-likeness (QED) is 0.407. The van der Waals surface area contributed by atoms with E-state index in [-0.39, 0.29) is 11.9 Å². The standard InChI is InChI=1S/C29H40N4O2/c1-3-4-9-23(2)33(25-11-6-5-7-12-25)29(35)22-32-18-16-31(17-19-32)15-8-10-24-21-30-28-14-13-26(34)20-27(24)28/h5-7,11-14,20-21,23,30,34H,3-4,8-10,15-19,22H2,1-2H3. The van der Waals surface area contributed by atoms with Crippen molar-refractivity contribution in [2.75, 3.05) is 44.2 Å². The first-order chi connectivity index (χ1) is 17.0. The minimum atomic E-state index is 0.204. The van der Waals surface area contributed by atoms with Crippen molar-refractivity contribution in [3.05, 3.63) is 60.3 Å². The number of rotatable bonds is 11. The number of phenolic OH excluding ortho intramolecular Hbond substituents is 1. The highest BCUT2D eigenvalue weighted by molar-refractivity contribution is 5.95. The number of carbonyl (C=O) groups excluding carboxylic acids is 1. The van der Waals surface area contributed by atoms with Crippen LogP contribution in [0.15, 0.2) is 54.7 Å². The maximum absolute atomic E-state index is 13.4. The van der Waals surface area contributed by atoms with Gasteiger partial charge >= 0.3 is 0 Å². The molecule has 2 N–H and O–H groups in total. The van der Waals surface area contributed by atoms with Gasteiger partial charge in [-0.2, -0.15) is 0 Å².